The first-order valence-electron chi connectivity index (χ1n) is 15.7. The van der Waals surface area contributed by atoms with Crippen molar-refractivity contribution in [3.63, 3.8) is 0 Å². The van der Waals surface area contributed by atoms with Crippen LogP contribution in [0.5, 0.6) is 5.75 Å². The number of hydrogen-bond donors (Lipinski definition) is 3. The number of piperidine rings is 1. The molecule has 5 rings (SSSR count). The first kappa shape index (κ1) is 31.9. The van der Waals surface area contributed by atoms with Crippen LogP contribution in [0.4, 0.5) is 5.69 Å². The molecule has 1 aromatic heterocycles. The molecule has 0 saturated carbocycles. The van der Waals surface area contributed by atoms with Crippen LogP contribution in [0.25, 0.3) is 16.9 Å². The molecule has 1 atom stereocenters. The number of nitrogens with two attached hydrogens (primary N) is 2. The van der Waals surface area contributed by atoms with E-state index in [1.807, 2.05) is 66.2 Å². The molecule has 1 aliphatic rings. The number of hydrogen-bond acceptors (Lipinski definition) is 7. The number of ether oxygens (including phenoxy) is 1. The monoisotopic (exact) mass is 608 g/mol. The van der Waals surface area contributed by atoms with Crippen LogP contribution in [0, 0.1) is 6.92 Å². The highest BCUT2D eigenvalue weighted by atomic mass is 16.5. The lowest BCUT2D eigenvalue weighted by Crippen LogP contribution is -2.33. The maximum absolute atomic E-state index is 12.1. The largest absolute Gasteiger partial charge is 0.490 e. The van der Waals surface area contributed by atoms with Crippen LogP contribution in [0.1, 0.15) is 77.9 Å². The lowest BCUT2D eigenvalue weighted by molar-refractivity contribution is 0.0999. The molecule has 2 heterocycles. The number of anilines is 1. The Morgan fingerprint density at radius 1 is 1.07 bits per heavy atom. The van der Waals surface area contributed by atoms with Crippen molar-refractivity contribution in [1.82, 2.24) is 14.7 Å². The predicted octanol–water partition coefficient (Wildman–Crippen LogP) is 5.67. The summed E-state index contributed by atoms with van der Waals surface area (Å²) in [6.07, 6.45) is 4.70. The molecule has 1 aliphatic heterocycles. The number of aromatic nitrogens is 2. The van der Waals surface area contributed by atoms with Gasteiger partial charge in [-0.2, -0.15) is 5.10 Å². The Bertz CT molecular complexity index is 1640. The van der Waals surface area contributed by atoms with Crippen LogP contribution >= 0.6 is 0 Å². The Balaban J connectivity index is 1.50. The smallest absolute Gasteiger partial charge is 0.248 e. The molecule has 3 aromatic carbocycles. The van der Waals surface area contributed by atoms with Crippen LogP contribution in [0.15, 0.2) is 71.7 Å². The van der Waals surface area contributed by atoms with Crippen LogP contribution in [-0.4, -0.2) is 64.7 Å². The summed E-state index contributed by atoms with van der Waals surface area (Å²) >= 11 is 0. The van der Waals surface area contributed by atoms with Gasteiger partial charge < -0.3 is 21.3 Å². The fraction of sp³-hybridized carbons (Fsp3) is 0.361. The number of aliphatic hydroxyl groups is 1. The van der Waals surface area contributed by atoms with Crippen LogP contribution in [0.2, 0.25) is 0 Å². The number of nitrogen functional groups attached to an aromatic ring is 1. The Labute approximate surface area is 265 Å². The zero-order valence-corrected chi connectivity index (χ0v) is 26.4. The van der Waals surface area contributed by atoms with Gasteiger partial charge in [0, 0.05) is 46.4 Å². The summed E-state index contributed by atoms with van der Waals surface area (Å²) in [4.78, 5) is 19.1. The highest BCUT2D eigenvalue weighted by Gasteiger charge is 2.24. The zero-order valence-electron chi connectivity index (χ0n) is 26.4. The van der Waals surface area contributed by atoms with Crippen LogP contribution < -0.4 is 16.2 Å². The maximum atomic E-state index is 12.1. The molecular formula is C36H44N6O3. The summed E-state index contributed by atoms with van der Waals surface area (Å²) in [6.45, 7) is 9.98. The number of nitrogens with zero attached hydrogens (tertiary/aromatic N) is 4. The Morgan fingerprint density at radius 3 is 2.53 bits per heavy atom. The van der Waals surface area contributed by atoms with Gasteiger partial charge in [0.1, 0.15) is 18.0 Å². The van der Waals surface area contributed by atoms with Gasteiger partial charge in [0.25, 0.3) is 0 Å². The van der Waals surface area contributed by atoms with E-state index in [0.717, 1.165) is 59.0 Å². The van der Waals surface area contributed by atoms with E-state index in [-0.39, 0.29) is 12.5 Å². The molecule has 0 spiro atoms. The fourth-order valence-corrected chi connectivity index (χ4v) is 6.02. The second kappa shape index (κ2) is 14.5. The van der Waals surface area contributed by atoms with Crippen molar-refractivity contribution in [1.29, 1.82) is 0 Å². The van der Waals surface area contributed by atoms with E-state index in [1.54, 1.807) is 18.3 Å². The quantitative estimate of drug-likeness (QED) is 0.140. The second-order valence-electron chi connectivity index (χ2n) is 11.9. The molecule has 236 valence electrons. The third-order valence-corrected chi connectivity index (χ3v) is 8.40. The number of aliphatic hydroxyl groups excluding tert-OH is 1. The van der Waals surface area contributed by atoms with Gasteiger partial charge in [-0.25, -0.2) is 4.68 Å². The topological polar surface area (TPSA) is 132 Å². The summed E-state index contributed by atoms with van der Waals surface area (Å²) < 4.78 is 8.22. The first-order valence-corrected chi connectivity index (χ1v) is 15.7. The third-order valence-electron chi connectivity index (χ3n) is 8.40. The van der Waals surface area contributed by atoms with Crippen molar-refractivity contribution in [2.45, 2.75) is 52.1 Å². The first-order chi connectivity index (χ1) is 21.7. The summed E-state index contributed by atoms with van der Waals surface area (Å²) in [5.41, 5.74) is 19.0. The molecule has 5 N–H and O–H groups in total. The molecule has 0 aliphatic carbocycles. The minimum absolute atomic E-state index is 0.147. The molecule has 0 radical (unpaired) electrons. The molecular weight excluding hydrogens is 564 g/mol. The van der Waals surface area contributed by atoms with E-state index < -0.39 is 12.0 Å². The summed E-state index contributed by atoms with van der Waals surface area (Å²) in [7, 11) is 0. The van der Waals surface area contributed by atoms with E-state index in [9.17, 15) is 9.90 Å². The summed E-state index contributed by atoms with van der Waals surface area (Å²) in [5.74, 6) is 0.192. The average Bonchev–Trinajstić information content (AvgIpc) is 3.39. The number of carbonyl (C=O) groups is 1. The number of rotatable bonds is 12. The second-order valence-corrected chi connectivity index (χ2v) is 11.9. The zero-order chi connectivity index (χ0) is 31.9. The molecule has 4 aromatic rings. The lowest BCUT2D eigenvalue weighted by Gasteiger charge is -2.26. The van der Waals surface area contributed by atoms with Gasteiger partial charge in [0.05, 0.1) is 18.3 Å². The van der Waals surface area contributed by atoms with Gasteiger partial charge in [-0.15, -0.1) is 0 Å². The number of carbonyl (C=O) groups excluding carboxylic acids is 1. The number of aliphatic imine (C=N–C) groups is 1. The molecule has 45 heavy (non-hydrogen) atoms. The normalized spacial score (nSPS) is 14.7. The van der Waals surface area contributed by atoms with Gasteiger partial charge in [-0.3, -0.25) is 14.7 Å². The molecule has 9 heteroatoms. The molecule has 1 amide bonds. The molecule has 9 nitrogen and oxygen atoms in total. The van der Waals surface area contributed by atoms with Crippen molar-refractivity contribution < 1.29 is 14.6 Å². The van der Waals surface area contributed by atoms with E-state index >= 15 is 0 Å². The maximum Gasteiger partial charge on any atom is 0.248 e. The number of benzene rings is 3. The summed E-state index contributed by atoms with van der Waals surface area (Å²) in [6, 6.07) is 20.5. The minimum Gasteiger partial charge on any atom is -0.490 e. The van der Waals surface area contributed by atoms with Gasteiger partial charge in [0.15, 0.2) is 0 Å². The van der Waals surface area contributed by atoms with E-state index in [2.05, 4.69) is 23.7 Å². The van der Waals surface area contributed by atoms with Gasteiger partial charge >= 0.3 is 0 Å². The minimum atomic E-state index is -0.722. The Hall–Kier alpha value is -4.47. The van der Waals surface area contributed by atoms with Gasteiger partial charge in [-0.05, 0) is 68.6 Å². The third kappa shape index (κ3) is 7.44. The molecule has 0 bridgehead atoms. The Kier molecular flexibility index (Phi) is 10.3. The predicted molar refractivity (Wildman–Crippen MR) is 180 cm³/mol. The van der Waals surface area contributed by atoms with Crippen molar-refractivity contribution in [3.05, 3.63) is 94.7 Å². The standard InChI is InChI=1S/C36H44N6O3/c1-24(2)34-25(3)42(31-16-15-27(36(38)44)21-33(31)45-20-19-41-17-8-5-9-18-41)40-35(34)28-13-10-14-30(37)29(28)22-39-23-32(43)26-11-6-4-7-12-26/h4,6-7,10-16,21-22,24,32,43H,5,8-9,17-20,23,37H2,1-3H3,(H2,38,44)/t32-/m0/s1. The van der Waals surface area contributed by atoms with Crippen LogP contribution in [0.3, 0.4) is 0 Å². The van der Waals surface area contributed by atoms with Crippen molar-refractivity contribution in [2.75, 3.05) is 38.5 Å². The van der Waals surface area contributed by atoms with Crippen molar-refractivity contribution in [3.8, 4) is 22.7 Å². The van der Waals surface area contributed by atoms with E-state index in [1.165, 1.54) is 19.3 Å². The molecule has 1 saturated heterocycles. The fourth-order valence-electron chi connectivity index (χ4n) is 6.02. The van der Waals surface area contributed by atoms with E-state index in [4.69, 9.17) is 21.3 Å². The van der Waals surface area contributed by atoms with Gasteiger partial charge in [0.2, 0.25) is 5.91 Å². The van der Waals surface area contributed by atoms with Crippen molar-refractivity contribution >= 4 is 17.8 Å². The molecule has 1 fully saturated rings. The summed E-state index contributed by atoms with van der Waals surface area (Å²) in [5, 5.41) is 15.8. The average molecular weight is 609 g/mol. The highest BCUT2D eigenvalue weighted by molar-refractivity contribution is 5.96. The highest BCUT2D eigenvalue weighted by Crippen LogP contribution is 2.37. The molecule has 0 unspecified atom stereocenters. The van der Waals surface area contributed by atoms with E-state index in [0.29, 0.717) is 23.6 Å². The Morgan fingerprint density at radius 2 is 1.82 bits per heavy atom. The lowest BCUT2D eigenvalue weighted by atomic mass is 9.94. The number of amides is 1. The van der Waals surface area contributed by atoms with Gasteiger partial charge in [-0.1, -0.05) is 62.7 Å². The van der Waals surface area contributed by atoms with Crippen LogP contribution in [-0.2, 0) is 0 Å². The number of primary amides is 1. The number of likely N-dealkylation sites (tertiary alicyclic amines) is 1. The SMILES string of the molecule is Cc1c(C(C)C)c(-c2cccc(N)c2C=NC[C@H](O)c2ccccc2)nn1-c1ccc(C(N)=O)cc1OCCN1CCCCC1. The van der Waals surface area contributed by atoms with Crippen molar-refractivity contribution in [2.24, 2.45) is 10.7 Å².